The molecule has 5 heteroatoms. The van der Waals surface area contributed by atoms with Crippen molar-refractivity contribution in [2.45, 2.75) is 183 Å². The number of fused-ring (bicyclic) bond motifs is 1. The molecule has 4 nitrogen and oxygen atoms in total. The summed E-state index contributed by atoms with van der Waals surface area (Å²) < 4.78 is 0. The number of phenols is 2. The summed E-state index contributed by atoms with van der Waals surface area (Å²) in [6, 6.07) is 23.3. The SMILES string of the molecule is CCCCCCC(=Nc1ccc(CCCC)c(CCCC)c1)C(CC)=Nc1ccc(CCCC)c(CCCC)c1.CCCCc1ccc2c(O)c(O)ccc2c1.[Pd]. The number of rotatable bonds is 24. The fraction of sp³-hybridized carbons (Fsp3) is 0.538. The third-order valence-corrected chi connectivity index (χ3v) is 10.9. The van der Waals surface area contributed by atoms with E-state index in [-0.39, 0.29) is 31.9 Å². The van der Waals surface area contributed by atoms with E-state index in [1.165, 1.54) is 142 Å². The molecule has 4 rings (SSSR count). The van der Waals surface area contributed by atoms with Crippen molar-refractivity contribution in [3.05, 3.63) is 94.5 Å². The van der Waals surface area contributed by atoms with Crippen LogP contribution < -0.4 is 0 Å². The van der Waals surface area contributed by atoms with Gasteiger partial charge in [0, 0.05) is 25.8 Å². The Morgan fingerprint density at radius 3 is 1.46 bits per heavy atom. The Morgan fingerprint density at radius 2 is 0.947 bits per heavy atom. The summed E-state index contributed by atoms with van der Waals surface area (Å²) in [5, 5.41) is 20.7. The average Bonchev–Trinajstić information content (AvgIpc) is 3.22. The van der Waals surface area contributed by atoms with Gasteiger partial charge >= 0.3 is 0 Å². The molecule has 0 spiro atoms. The molecule has 4 aromatic carbocycles. The first kappa shape index (κ1) is 49.9. The Labute approximate surface area is 361 Å². The van der Waals surface area contributed by atoms with Crippen LogP contribution in [0.15, 0.2) is 76.7 Å². The second-order valence-corrected chi connectivity index (χ2v) is 15.7. The quantitative estimate of drug-likeness (QED) is 0.0319. The standard InChI is InChI=1S/C38H60N2.C14H16O2.Pd/c1-7-13-18-19-24-38(40-36-28-26-32(21-15-9-3)34(30-36)23-17-11-5)37(12-6)39-35-27-25-31(20-14-8-2)33(29-35)22-16-10-4;1-2-3-4-10-5-7-12-11(9-10)6-8-13(15)14(12)16;/h25-30H,7-24H2,1-6H3;5-9,15-16H,2-4H2,1H3;. The van der Waals surface area contributed by atoms with Crippen LogP contribution in [0.2, 0.25) is 0 Å². The third kappa shape index (κ3) is 17.2. The molecule has 0 aliphatic heterocycles. The maximum Gasteiger partial charge on any atom is 0.165 e. The first-order valence-corrected chi connectivity index (χ1v) is 22.6. The summed E-state index contributed by atoms with van der Waals surface area (Å²) in [5.74, 6) is -0.0895. The molecule has 57 heavy (non-hydrogen) atoms. The number of aryl methyl sites for hydroxylation is 5. The molecule has 0 aromatic heterocycles. The zero-order valence-electron chi connectivity index (χ0n) is 36.8. The van der Waals surface area contributed by atoms with Crippen molar-refractivity contribution in [3.8, 4) is 11.5 Å². The van der Waals surface area contributed by atoms with Gasteiger partial charge in [-0.25, -0.2) is 0 Å². The van der Waals surface area contributed by atoms with Gasteiger partial charge in [0.15, 0.2) is 11.5 Å². The van der Waals surface area contributed by atoms with Gasteiger partial charge in [-0.15, -0.1) is 0 Å². The van der Waals surface area contributed by atoms with Gasteiger partial charge in [0.05, 0.1) is 22.8 Å². The molecular weight excluding hydrogens is 791 g/mol. The first-order valence-electron chi connectivity index (χ1n) is 22.6. The molecule has 0 heterocycles. The van der Waals surface area contributed by atoms with Gasteiger partial charge < -0.3 is 10.2 Å². The molecule has 0 saturated carbocycles. The molecule has 0 unspecified atom stereocenters. The predicted octanol–water partition coefficient (Wildman–Crippen LogP) is 15.9. The summed E-state index contributed by atoms with van der Waals surface area (Å²) in [6.45, 7) is 15.8. The zero-order chi connectivity index (χ0) is 40.5. The maximum atomic E-state index is 9.68. The summed E-state index contributed by atoms with van der Waals surface area (Å²) in [4.78, 5) is 10.6. The topological polar surface area (TPSA) is 65.2 Å². The summed E-state index contributed by atoms with van der Waals surface area (Å²) in [6.07, 6.45) is 24.9. The van der Waals surface area contributed by atoms with E-state index in [0.29, 0.717) is 5.39 Å². The molecule has 0 saturated heterocycles. The predicted molar refractivity (Wildman–Crippen MR) is 246 cm³/mol. The van der Waals surface area contributed by atoms with Crippen molar-refractivity contribution in [3.63, 3.8) is 0 Å². The molecule has 0 aliphatic rings. The number of benzene rings is 4. The van der Waals surface area contributed by atoms with E-state index in [1.54, 1.807) is 0 Å². The van der Waals surface area contributed by atoms with E-state index in [0.717, 1.165) is 54.6 Å². The number of phenolic OH excluding ortho intramolecular Hbond substituents is 2. The largest absolute Gasteiger partial charge is 0.504 e. The van der Waals surface area contributed by atoms with Crippen molar-refractivity contribution in [1.82, 2.24) is 0 Å². The Hall–Kier alpha value is -3.26. The third-order valence-electron chi connectivity index (χ3n) is 10.9. The number of unbranched alkanes of at least 4 members (excludes halogenated alkanes) is 8. The molecular formula is C52H76N2O2Pd. The Bertz CT molecular complexity index is 1790. The average molecular weight is 868 g/mol. The Kier molecular flexibility index (Phi) is 25.4. The number of aliphatic imine (C=N–C) groups is 2. The van der Waals surface area contributed by atoms with Crippen molar-refractivity contribution in [2.75, 3.05) is 0 Å². The first-order chi connectivity index (χ1) is 27.3. The van der Waals surface area contributed by atoms with Crippen LogP contribution in [0.1, 0.15) is 179 Å². The molecule has 0 aliphatic carbocycles. The van der Waals surface area contributed by atoms with Crippen molar-refractivity contribution in [2.24, 2.45) is 9.98 Å². The smallest absolute Gasteiger partial charge is 0.165 e. The summed E-state index contributed by atoms with van der Waals surface area (Å²) >= 11 is 0. The van der Waals surface area contributed by atoms with Gasteiger partial charge in [-0.05, 0) is 147 Å². The van der Waals surface area contributed by atoms with Crippen molar-refractivity contribution < 1.29 is 30.6 Å². The second kappa shape index (κ2) is 29.0. The number of nitrogens with zero attached hydrogens (tertiary/aromatic N) is 2. The fourth-order valence-corrected chi connectivity index (χ4v) is 7.32. The van der Waals surface area contributed by atoms with Crippen LogP contribution in [-0.2, 0) is 52.5 Å². The molecule has 316 valence electrons. The van der Waals surface area contributed by atoms with E-state index in [1.807, 2.05) is 18.2 Å². The molecule has 0 atom stereocenters. The van der Waals surface area contributed by atoms with Gasteiger partial charge in [-0.2, -0.15) is 0 Å². The Morgan fingerprint density at radius 1 is 0.456 bits per heavy atom. The Balaban J connectivity index is 0.000000546. The van der Waals surface area contributed by atoms with E-state index < -0.39 is 0 Å². The van der Waals surface area contributed by atoms with Crippen LogP contribution in [0, 0.1) is 0 Å². The van der Waals surface area contributed by atoms with Crippen LogP contribution >= 0.6 is 0 Å². The summed E-state index contributed by atoms with van der Waals surface area (Å²) in [7, 11) is 0. The molecule has 0 fully saturated rings. The number of hydrogen-bond acceptors (Lipinski definition) is 4. The van der Waals surface area contributed by atoms with E-state index >= 15 is 0 Å². The van der Waals surface area contributed by atoms with Gasteiger partial charge in [-0.1, -0.05) is 136 Å². The molecule has 4 aromatic rings. The normalized spacial score (nSPS) is 11.7. The number of aromatic hydroxyl groups is 2. The van der Waals surface area contributed by atoms with Crippen LogP contribution in [0.5, 0.6) is 11.5 Å². The van der Waals surface area contributed by atoms with Gasteiger partial charge in [0.25, 0.3) is 0 Å². The van der Waals surface area contributed by atoms with E-state index in [4.69, 9.17) is 9.98 Å². The maximum absolute atomic E-state index is 9.68. The zero-order valence-corrected chi connectivity index (χ0v) is 38.4. The van der Waals surface area contributed by atoms with E-state index in [9.17, 15) is 10.2 Å². The number of hydrogen-bond donors (Lipinski definition) is 2. The molecule has 0 radical (unpaired) electrons. The van der Waals surface area contributed by atoms with Crippen molar-refractivity contribution >= 4 is 33.6 Å². The minimum Gasteiger partial charge on any atom is -0.504 e. The minimum absolute atomic E-state index is 0. The molecule has 2 N–H and O–H groups in total. The molecule has 0 amide bonds. The minimum atomic E-state index is -0.0613. The summed E-state index contributed by atoms with van der Waals surface area (Å²) in [5.41, 5.74) is 11.9. The molecule has 0 bridgehead atoms. The van der Waals surface area contributed by atoms with E-state index in [2.05, 4.69) is 90.9 Å². The van der Waals surface area contributed by atoms with Crippen LogP contribution in [0.25, 0.3) is 10.8 Å². The second-order valence-electron chi connectivity index (χ2n) is 15.7. The van der Waals surface area contributed by atoms with Gasteiger partial charge in [0.1, 0.15) is 0 Å². The van der Waals surface area contributed by atoms with Crippen molar-refractivity contribution in [1.29, 1.82) is 0 Å². The van der Waals surface area contributed by atoms with Crippen LogP contribution in [0.3, 0.4) is 0 Å². The monoisotopic (exact) mass is 866 g/mol. The van der Waals surface area contributed by atoms with Crippen LogP contribution in [-0.4, -0.2) is 21.6 Å². The van der Waals surface area contributed by atoms with Gasteiger partial charge in [-0.3, -0.25) is 9.98 Å². The van der Waals surface area contributed by atoms with Crippen LogP contribution in [0.4, 0.5) is 11.4 Å². The fourth-order valence-electron chi connectivity index (χ4n) is 7.32. The van der Waals surface area contributed by atoms with Gasteiger partial charge in [0.2, 0.25) is 0 Å².